The van der Waals surface area contributed by atoms with Crippen LogP contribution in [0.15, 0.2) is 0 Å². The summed E-state index contributed by atoms with van der Waals surface area (Å²) in [6.45, 7) is 1.28. The minimum absolute atomic E-state index is 0.284. The van der Waals surface area contributed by atoms with E-state index in [0.29, 0.717) is 25.0 Å². The van der Waals surface area contributed by atoms with E-state index in [4.69, 9.17) is 5.26 Å². The fourth-order valence-corrected chi connectivity index (χ4v) is 2.80. The molecular weight excluding hydrogens is 200 g/mol. The van der Waals surface area contributed by atoms with Crippen molar-refractivity contribution in [2.75, 3.05) is 13.2 Å². The molecule has 2 atom stereocenters. The van der Waals surface area contributed by atoms with Crippen LogP contribution in [0.4, 0.5) is 0 Å². The first-order chi connectivity index (χ1) is 7.79. The average Bonchev–Trinajstić information content (AvgIpc) is 3.08. The second-order valence-electron chi connectivity index (χ2n) is 5.55. The first kappa shape index (κ1) is 11.9. The van der Waals surface area contributed by atoms with Crippen LogP contribution in [-0.4, -0.2) is 24.3 Å². The molecule has 3 nitrogen and oxygen atoms in total. The first-order valence-electron chi connectivity index (χ1n) is 6.51. The van der Waals surface area contributed by atoms with Crippen molar-refractivity contribution in [2.24, 2.45) is 11.3 Å². The van der Waals surface area contributed by atoms with Gasteiger partial charge in [0.15, 0.2) is 0 Å². The molecule has 2 unspecified atom stereocenters. The molecule has 0 spiro atoms. The Hall–Kier alpha value is -0.590. The van der Waals surface area contributed by atoms with Crippen molar-refractivity contribution in [1.29, 1.82) is 5.26 Å². The van der Waals surface area contributed by atoms with E-state index in [1.54, 1.807) is 0 Å². The smallest absolute Gasteiger partial charge is 0.0628 e. The Morgan fingerprint density at radius 3 is 2.69 bits per heavy atom. The molecule has 2 saturated carbocycles. The molecule has 16 heavy (non-hydrogen) atoms. The number of aliphatic hydroxyl groups excluding tert-OH is 1. The maximum absolute atomic E-state index is 9.32. The highest BCUT2D eigenvalue weighted by molar-refractivity contribution is 5.01. The lowest BCUT2D eigenvalue weighted by Crippen LogP contribution is -2.42. The minimum atomic E-state index is 0.284. The summed E-state index contributed by atoms with van der Waals surface area (Å²) in [4.78, 5) is 0. The molecular formula is C13H22N2O. The normalized spacial score (nSPS) is 32.0. The van der Waals surface area contributed by atoms with Crippen LogP contribution in [0.1, 0.15) is 44.9 Å². The Kier molecular flexibility index (Phi) is 3.83. The van der Waals surface area contributed by atoms with Gasteiger partial charge in [0.1, 0.15) is 0 Å². The predicted octanol–water partition coefficient (Wildman–Crippen LogP) is 1.82. The fraction of sp³-hybridized carbons (Fsp3) is 0.923. The van der Waals surface area contributed by atoms with Crippen LogP contribution in [-0.2, 0) is 0 Å². The molecule has 0 aliphatic heterocycles. The van der Waals surface area contributed by atoms with Crippen LogP contribution in [0.25, 0.3) is 0 Å². The molecule has 3 heteroatoms. The number of hydrogen-bond acceptors (Lipinski definition) is 3. The Balaban J connectivity index is 1.78. The second kappa shape index (κ2) is 5.16. The molecule has 90 valence electrons. The first-order valence-corrected chi connectivity index (χ1v) is 6.51. The van der Waals surface area contributed by atoms with Gasteiger partial charge in [0.05, 0.1) is 6.07 Å². The van der Waals surface area contributed by atoms with Crippen molar-refractivity contribution in [3.05, 3.63) is 0 Å². The number of nitriles is 1. The van der Waals surface area contributed by atoms with Gasteiger partial charge in [-0.2, -0.15) is 5.26 Å². The highest BCUT2D eigenvalue weighted by Gasteiger charge is 2.42. The lowest BCUT2D eigenvalue weighted by atomic mass is 9.84. The SMILES string of the molecule is N#CCC1(CNC2CCCCC2CO)CC1. The summed E-state index contributed by atoms with van der Waals surface area (Å²) in [6, 6.07) is 2.78. The van der Waals surface area contributed by atoms with E-state index in [1.807, 2.05) is 0 Å². The van der Waals surface area contributed by atoms with Gasteiger partial charge in [-0.15, -0.1) is 0 Å². The topological polar surface area (TPSA) is 56.0 Å². The van der Waals surface area contributed by atoms with Gasteiger partial charge < -0.3 is 10.4 Å². The van der Waals surface area contributed by atoms with Gasteiger partial charge in [-0.05, 0) is 37.0 Å². The number of rotatable bonds is 5. The molecule has 0 aromatic rings. The molecule has 0 saturated heterocycles. The van der Waals surface area contributed by atoms with Crippen LogP contribution >= 0.6 is 0 Å². The van der Waals surface area contributed by atoms with E-state index in [1.165, 1.54) is 32.1 Å². The van der Waals surface area contributed by atoms with Crippen LogP contribution < -0.4 is 5.32 Å². The quantitative estimate of drug-likeness (QED) is 0.746. The van der Waals surface area contributed by atoms with Crippen molar-refractivity contribution in [3.8, 4) is 6.07 Å². The zero-order valence-corrected chi connectivity index (χ0v) is 9.91. The van der Waals surface area contributed by atoms with Crippen molar-refractivity contribution in [1.82, 2.24) is 5.32 Å². The average molecular weight is 222 g/mol. The van der Waals surface area contributed by atoms with Crippen LogP contribution in [0.5, 0.6) is 0 Å². The Morgan fingerprint density at radius 2 is 2.06 bits per heavy atom. The van der Waals surface area contributed by atoms with E-state index in [0.717, 1.165) is 13.0 Å². The molecule has 2 N–H and O–H groups in total. The third-order valence-electron chi connectivity index (χ3n) is 4.29. The third-order valence-corrected chi connectivity index (χ3v) is 4.29. The van der Waals surface area contributed by atoms with E-state index in [9.17, 15) is 5.11 Å². The molecule has 0 radical (unpaired) electrons. The standard InChI is InChI=1S/C13H22N2O/c14-8-7-13(5-6-13)10-15-12-4-2-1-3-11(12)9-16/h11-12,15-16H,1-7,9-10H2. The van der Waals surface area contributed by atoms with E-state index >= 15 is 0 Å². The predicted molar refractivity (Wildman–Crippen MR) is 62.7 cm³/mol. The Morgan fingerprint density at radius 1 is 1.31 bits per heavy atom. The Bertz CT molecular complexity index is 268. The molecule has 0 heterocycles. The minimum Gasteiger partial charge on any atom is -0.396 e. The molecule has 0 aromatic carbocycles. The fourth-order valence-electron chi connectivity index (χ4n) is 2.80. The largest absolute Gasteiger partial charge is 0.396 e. The zero-order valence-electron chi connectivity index (χ0n) is 9.91. The number of hydrogen-bond donors (Lipinski definition) is 2. The van der Waals surface area contributed by atoms with Gasteiger partial charge in [0.25, 0.3) is 0 Å². The molecule has 2 rings (SSSR count). The summed E-state index contributed by atoms with van der Waals surface area (Å²) in [7, 11) is 0. The van der Waals surface area contributed by atoms with Gasteiger partial charge in [0, 0.05) is 25.6 Å². The monoisotopic (exact) mass is 222 g/mol. The number of nitrogens with one attached hydrogen (secondary N) is 1. The summed E-state index contributed by atoms with van der Waals surface area (Å²) in [5, 5.41) is 21.7. The lowest BCUT2D eigenvalue weighted by molar-refractivity contribution is 0.149. The van der Waals surface area contributed by atoms with E-state index in [-0.39, 0.29) is 5.41 Å². The van der Waals surface area contributed by atoms with Gasteiger partial charge in [-0.3, -0.25) is 0 Å². The highest BCUT2D eigenvalue weighted by atomic mass is 16.3. The summed E-state index contributed by atoms with van der Waals surface area (Å²) < 4.78 is 0. The van der Waals surface area contributed by atoms with Crippen molar-refractivity contribution < 1.29 is 5.11 Å². The van der Waals surface area contributed by atoms with Gasteiger partial charge in [-0.25, -0.2) is 0 Å². The van der Waals surface area contributed by atoms with Crippen molar-refractivity contribution in [2.45, 2.75) is 51.0 Å². The Labute approximate surface area is 97.8 Å². The lowest BCUT2D eigenvalue weighted by Gasteiger charge is -2.32. The molecule has 2 fully saturated rings. The summed E-state index contributed by atoms with van der Waals surface area (Å²) in [5.74, 6) is 0.437. The third kappa shape index (κ3) is 2.75. The van der Waals surface area contributed by atoms with Gasteiger partial charge >= 0.3 is 0 Å². The van der Waals surface area contributed by atoms with E-state index < -0.39 is 0 Å². The van der Waals surface area contributed by atoms with Crippen molar-refractivity contribution in [3.63, 3.8) is 0 Å². The van der Waals surface area contributed by atoms with E-state index in [2.05, 4.69) is 11.4 Å². The van der Waals surface area contributed by atoms with Crippen LogP contribution in [0.3, 0.4) is 0 Å². The molecule has 0 amide bonds. The molecule has 2 aliphatic carbocycles. The van der Waals surface area contributed by atoms with Gasteiger partial charge in [-0.1, -0.05) is 12.8 Å². The molecule has 2 aliphatic rings. The second-order valence-corrected chi connectivity index (χ2v) is 5.55. The zero-order chi connectivity index (χ0) is 11.4. The van der Waals surface area contributed by atoms with Crippen molar-refractivity contribution >= 4 is 0 Å². The van der Waals surface area contributed by atoms with Crippen LogP contribution in [0.2, 0.25) is 0 Å². The molecule has 0 aromatic heterocycles. The summed E-state index contributed by atoms with van der Waals surface area (Å²) in [5.41, 5.74) is 0.284. The highest BCUT2D eigenvalue weighted by Crippen LogP contribution is 2.48. The number of nitrogens with zero attached hydrogens (tertiary/aromatic N) is 1. The molecule has 0 bridgehead atoms. The summed E-state index contributed by atoms with van der Waals surface area (Å²) >= 11 is 0. The van der Waals surface area contributed by atoms with Crippen LogP contribution in [0, 0.1) is 22.7 Å². The van der Waals surface area contributed by atoms with Gasteiger partial charge in [0.2, 0.25) is 0 Å². The maximum atomic E-state index is 9.32. The summed E-state index contributed by atoms with van der Waals surface area (Å²) in [6.07, 6.45) is 7.96. The maximum Gasteiger partial charge on any atom is 0.0628 e. The number of aliphatic hydroxyl groups is 1.